The molecule has 112 valence electrons. The van der Waals surface area contributed by atoms with Crippen LogP contribution in [-0.2, 0) is 0 Å². The fourth-order valence-corrected chi connectivity index (χ4v) is 3.71. The van der Waals surface area contributed by atoms with Crippen LogP contribution in [0.3, 0.4) is 0 Å². The lowest BCUT2D eigenvalue weighted by Crippen LogP contribution is -2.43. The van der Waals surface area contributed by atoms with Crippen molar-refractivity contribution in [1.29, 1.82) is 0 Å². The SMILES string of the molecule is CNc1nc(N)c(C(=O)NC2CCCCC2C(C)C)s1. The Morgan fingerprint density at radius 2 is 2.10 bits per heavy atom. The maximum atomic E-state index is 12.4. The molecule has 0 saturated heterocycles. The monoisotopic (exact) mass is 296 g/mol. The van der Waals surface area contributed by atoms with Gasteiger partial charge in [0, 0.05) is 13.1 Å². The highest BCUT2D eigenvalue weighted by Crippen LogP contribution is 2.31. The molecule has 5 nitrogen and oxygen atoms in total. The van der Waals surface area contributed by atoms with Gasteiger partial charge in [-0.15, -0.1) is 0 Å². The smallest absolute Gasteiger partial charge is 0.265 e. The molecule has 0 radical (unpaired) electrons. The Morgan fingerprint density at radius 3 is 2.70 bits per heavy atom. The van der Waals surface area contributed by atoms with Gasteiger partial charge in [-0.05, 0) is 24.7 Å². The van der Waals surface area contributed by atoms with Gasteiger partial charge in [0.15, 0.2) is 5.13 Å². The van der Waals surface area contributed by atoms with Crippen molar-refractivity contribution in [3.63, 3.8) is 0 Å². The quantitative estimate of drug-likeness (QED) is 0.798. The number of nitrogens with zero attached hydrogens (tertiary/aromatic N) is 1. The Balaban J connectivity index is 2.07. The highest BCUT2D eigenvalue weighted by molar-refractivity contribution is 7.18. The number of thiazole rings is 1. The molecule has 1 saturated carbocycles. The first kappa shape index (κ1) is 15.1. The molecule has 20 heavy (non-hydrogen) atoms. The van der Waals surface area contributed by atoms with E-state index in [1.807, 2.05) is 0 Å². The van der Waals surface area contributed by atoms with E-state index >= 15 is 0 Å². The summed E-state index contributed by atoms with van der Waals surface area (Å²) in [7, 11) is 1.77. The zero-order valence-electron chi connectivity index (χ0n) is 12.4. The van der Waals surface area contributed by atoms with Crippen molar-refractivity contribution in [3.8, 4) is 0 Å². The van der Waals surface area contributed by atoms with Crippen molar-refractivity contribution in [2.24, 2.45) is 11.8 Å². The maximum Gasteiger partial charge on any atom is 0.265 e. The largest absolute Gasteiger partial charge is 0.382 e. The van der Waals surface area contributed by atoms with Gasteiger partial charge >= 0.3 is 0 Å². The molecule has 1 fully saturated rings. The molecular weight excluding hydrogens is 272 g/mol. The molecule has 1 aromatic rings. The van der Waals surface area contributed by atoms with E-state index < -0.39 is 0 Å². The molecule has 1 aliphatic rings. The van der Waals surface area contributed by atoms with Crippen LogP contribution >= 0.6 is 11.3 Å². The third-order valence-electron chi connectivity index (χ3n) is 4.07. The summed E-state index contributed by atoms with van der Waals surface area (Å²) in [5.74, 6) is 1.38. The average molecular weight is 296 g/mol. The molecule has 1 amide bonds. The molecule has 0 aliphatic heterocycles. The van der Waals surface area contributed by atoms with Crippen LogP contribution in [0, 0.1) is 11.8 Å². The van der Waals surface area contributed by atoms with Gasteiger partial charge in [0.05, 0.1) is 0 Å². The van der Waals surface area contributed by atoms with Gasteiger partial charge < -0.3 is 16.4 Å². The fraction of sp³-hybridized carbons (Fsp3) is 0.714. The van der Waals surface area contributed by atoms with E-state index in [9.17, 15) is 4.79 Å². The predicted molar refractivity (Wildman–Crippen MR) is 84.1 cm³/mol. The first-order chi connectivity index (χ1) is 9.52. The first-order valence-corrected chi connectivity index (χ1v) is 8.09. The highest BCUT2D eigenvalue weighted by atomic mass is 32.1. The minimum Gasteiger partial charge on any atom is -0.382 e. The van der Waals surface area contributed by atoms with E-state index in [0.29, 0.717) is 27.7 Å². The lowest BCUT2D eigenvalue weighted by molar-refractivity contribution is 0.0894. The molecule has 2 atom stereocenters. The molecule has 1 heterocycles. The van der Waals surface area contributed by atoms with Crippen LogP contribution < -0.4 is 16.4 Å². The number of hydrogen-bond donors (Lipinski definition) is 3. The van der Waals surface area contributed by atoms with E-state index in [4.69, 9.17) is 5.73 Å². The van der Waals surface area contributed by atoms with Crippen molar-refractivity contribution in [2.45, 2.75) is 45.6 Å². The Morgan fingerprint density at radius 1 is 1.40 bits per heavy atom. The van der Waals surface area contributed by atoms with Gasteiger partial charge in [-0.25, -0.2) is 4.98 Å². The van der Waals surface area contributed by atoms with Gasteiger partial charge in [-0.2, -0.15) is 0 Å². The van der Waals surface area contributed by atoms with Crippen molar-refractivity contribution >= 4 is 28.2 Å². The number of carbonyl (C=O) groups is 1. The van der Waals surface area contributed by atoms with Crippen LogP contribution in [0.2, 0.25) is 0 Å². The maximum absolute atomic E-state index is 12.4. The first-order valence-electron chi connectivity index (χ1n) is 7.27. The lowest BCUT2D eigenvalue weighted by atomic mass is 9.78. The van der Waals surface area contributed by atoms with Gasteiger partial charge in [-0.1, -0.05) is 38.0 Å². The molecule has 4 N–H and O–H groups in total. The van der Waals surface area contributed by atoms with Crippen molar-refractivity contribution in [1.82, 2.24) is 10.3 Å². The Labute approximate surface area is 124 Å². The molecule has 2 unspecified atom stereocenters. The molecular formula is C14H24N4OS. The summed E-state index contributed by atoms with van der Waals surface area (Å²) < 4.78 is 0. The second-order valence-corrected chi connectivity index (χ2v) is 6.75. The predicted octanol–water partition coefficient (Wildman–Crippen LogP) is 2.71. The number of nitrogen functional groups attached to an aromatic ring is 1. The lowest BCUT2D eigenvalue weighted by Gasteiger charge is -2.34. The number of nitrogens with one attached hydrogen (secondary N) is 2. The molecule has 0 aromatic carbocycles. The molecule has 1 aliphatic carbocycles. The normalized spacial score (nSPS) is 22.8. The van der Waals surface area contributed by atoms with Crippen LogP contribution in [0.15, 0.2) is 0 Å². The summed E-state index contributed by atoms with van der Waals surface area (Å²) in [5.41, 5.74) is 5.82. The molecule has 2 rings (SSSR count). The summed E-state index contributed by atoms with van der Waals surface area (Å²) in [5, 5.41) is 6.77. The Bertz CT molecular complexity index is 472. The van der Waals surface area contributed by atoms with E-state index in [0.717, 1.165) is 6.42 Å². The minimum absolute atomic E-state index is 0.0842. The summed E-state index contributed by atoms with van der Waals surface area (Å²) in [6.07, 6.45) is 4.71. The van der Waals surface area contributed by atoms with Crippen LogP contribution in [0.4, 0.5) is 10.9 Å². The number of carbonyl (C=O) groups excluding carboxylic acids is 1. The average Bonchev–Trinajstić information content (AvgIpc) is 2.80. The van der Waals surface area contributed by atoms with Crippen molar-refractivity contribution in [2.75, 3.05) is 18.1 Å². The Hall–Kier alpha value is -1.30. The highest BCUT2D eigenvalue weighted by Gasteiger charge is 2.29. The summed E-state index contributed by atoms with van der Waals surface area (Å²) in [6, 6.07) is 0.260. The standard InChI is InChI=1S/C14H24N4OS/c1-8(2)9-6-4-5-7-10(9)17-13(19)11-12(15)18-14(16-3)20-11/h8-10H,4-7,15H2,1-3H3,(H,16,18)(H,17,19). The summed E-state index contributed by atoms with van der Waals surface area (Å²) in [4.78, 5) is 17.0. The summed E-state index contributed by atoms with van der Waals surface area (Å²) >= 11 is 1.31. The van der Waals surface area contributed by atoms with Gasteiger partial charge in [0.1, 0.15) is 10.7 Å². The zero-order valence-corrected chi connectivity index (χ0v) is 13.2. The second-order valence-electron chi connectivity index (χ2n) is 5.76. The topological polar surface area (TPSA) is 80.0 Å². The zero-order chi connectivity index (χ0) is 14.7. The molecule has 0 spiro atoms. The molecule has 0 bridgehead atoms. The number of hydrogen-bond acceptors (Lipinski definition) is 5. The van der Waals surface area contributed by atoms with E-state index in [1.165, 1.54) is 30.6 Å². The number of nitrogens with two attached hydrogens (primary N) is 1. The number of rotatable bonds is 4. The third-order valence-corrected chi connectivity index (χ3v) is 5.15. The van der Waals surface area contributed by atoms with Gasteiger partial charge in [-0.3, -0.25) is 4.79 Å². The molecule has 6 heteroatoms. The van der Waals surface area contributed by atoms with Crippen molar-refractivity contribution < 1.29 is 4.79 Å². The van der Waals surface area contributed by atoms with Crippen molar-refractivity contribution in [3.05, 3.63) is 4.88 Å². The van der Waals surface area contributed by atoms with Gasteiger partial charge in [0.2, 0.25) is 0 Å². The van der Waals surface area contributed by atoms with Crippen LogP contribution in [-0.4, -0.2) is 24.0 Å². The minimum atomic E-state index is -0.0842. The number of aromatic nitrogens is 1. The van der Waals surface area contributed by atoms with Crippen LogP contribution in [0.25, 0.3) is 0 Å². The van der Waals surface area contributed by atoms with Crippen LogP contribution in [0.5, 0.6) is 0 Å². The van der Waals surface area contributed by atoms with E-state index in [1.54, 1.807) is 7.05 Å². The number of anilines is 2. The Kier molecular flexibility index (Phi) is 4.86. The second kappa shape index (κ2) is 6.43. The number of amides is 1. The van der Waals surface area contributed by atoms with Gasteiger partial charge in [0.25, 0.3) is 5.91 Å². The van der Waals surface area contributed by atoms with E-state index in [2.05, 4.69) is 29.5 Å². The summed E-state index contributed by atoms with van der Waals surface area (Å²) in [6.45, 7) is 4.46. The van der Waals surface area contributed by atoms with Crippen LogP contribution in [0.1, 0.15) is 49.2 Å². The molecule has 1 aromatic heterocycles. The fourth-order valence-electron chi connectivity index (χ4n) is 2.97. The third kappa shape index (κ3) is 3.23. The van der Waals surface area contributed by atoms with E-state index in [-0.39, 0.29) is 11.9 Å².